The second kappa shape index (κ2) is 5.25. The topological polar surface area (TPSA) is 55.1 Å². The van der Waals surface area contributed by atoms with E-state index < -0.39 is 5.97 Å². The smallest absolute Gasteiger partial charge is 0.328 e. The number of hydrogen-bond acceptors (Lipinski definition) is 2. The molecule has 21 heavy (non-hydrogen) atoms. The first-order valence-electron chi connectivity index (χ1n) is 6.60. The van der Waals surface area contributed by atoms with E-state index in [1.807, 2.05) is 60.3 Å². The first-order valence-corrected chi connectivity index (χ1v) is 6.60. The largest absolute Gasteiger partial charge is 0.478 e. The summed E-state index contributed by atoms with van der Waals surface area (Å²) in [6.45, 7) is 1.96. The summed E-state index contributed by atoms with van der Waals surface area (Å²) in [5.41, 5.74) is 3.90. The standard InChI is InChI=1S/C17H14N2O2/c1-12-10-15(8-6-13(12)7-9-17(20)21)19-16-5-3-2-4-14(16)11-18-19/h2-11H,1H3,(H,20,21). The molecule has 0 unspecified atom stereocenters. The van der Waals surface area contributed by atoms with E-state index >= 15 is 0 Å². The lowest BCUT2D eigenvalue weighted by molar-refractivity contribution is -0.131. The highest BCUT2D eigenvalue weighted by Crippen LogP contribution is 2.20. The third kappa shape index (κ3) is 2.56. The van der Waals surface area contributed by atoms with Gasteiger partial charge in [-0.15, -0.1) is 0 Å². The fourth-order valence-electron chi connectivity index (χ4n) is 2.32. The number of aromatic nitrogens is 2. The van der Waals surface area contributed by atoms with E-state index in [0.29, 0.717) is 0 Å². The molecule has 0 aliphatic carbocycles. The maximum absolute atomic E-state index is 10.6. The molecular weight excluding hydrogens is 264 g/mol. The van der Waals surface area contributed by atoms with Gasteiger partial charge in [0.25, 0.3) is 0 Å². The summed E-state index contributed by atoms with van der Waals surface area (Å²) in [5, 5.41) is 14.2. The monoisotopic (exact) mass is 278 g/mol. The van der Waals surface area contributed by atoms with Gasteiger partial charge in [-0.1, -0.05) is 24.3 Å². The predicted molar refractivity (Wildman–Crippen MR) is 82.5 cm³/mol. The van der Waals surface area contributed by atoms with E-state index in [-0.39, 0.29) is 0 Å². The Morgan fingerprint density at radius 2 is 2.05 bits per heavy atom. The van der Waals surface area contributed by atoms with Crippen molar-refractivity contribution < 1.29 is 9.90 Å². The zero-order valence-corrected chi connectivity index (χ0v) is 11.5. The van der Waals surface area contributed by atoms with E-state index in [4.69, 9.17) is 5.11 Å². The van der Waals surface area contributed by atoms with Crippen LogP contribution in [0.1, 0.15) is 11.1 Å². The first-order chi connectivity index (χ1) is 10.1. The maximum atomic E-state index is 10.6. The van der Waals surface area contributed by atoms with Crippen molar-refractivity contribution >= 4 is 22.9 Å². The third-order valence-corrected chi connectivity index (χ3v) is 3.38. The molecule has 0 saturated carbocycles. The van der Waals surface area contributed by atoms with Gasteiger partial charge in [-0.2, -0.15) is 5.10 Å². The summed E-state index contributed by atoms with van der Waals surface area (Å²) in [6, 6.07) is 13.9. The van der Waals surface area contributed by atoms with E-state index in [9.17, 15) is 4.79 Å². The normalized spacial score (nSPS) is 11.3. The lowest BCUT2D eigenvalue weighted by Gasteiger charge is -2.07. The summed E-state index contributed by atoms with van der Waals surface area (Å²) in [7, 11) is 0. The van der Waals surface area contributed by atoms with Gasteiger partial charge in [0, 0.05) is 11.5 Å². The molecule has 0 radical (unpaired) electrons. The molecule has 3 rings (SSSR count). The molecule has 2 aromatic carbocycles. The third-order valence-electron chi connectivity index (χ3n) is 3.38. The summed E-state index contributed by atoms with van der Waals surface area (Å²) in [6.07, 6.45) is 4.58. The second-order valence-electron chi connectivity index (χ2n) is 4.83. The quantitative estimate of drug-likeness (QED) is 0.747. The van der Waals surface area contributed by atoms with Crippen molar-refractivity contribution in [2.45, 2.75) is 6.92 Å². The molecule has 4 heteroatoms. The van der Waals surface area contributed by atoms with Gasteiger partial charge in [-0.05, 0) is 42.3 Å². The van der Waals surface area contributed by atoms with Crippen LogP contribution in [-0.4, -0.2) is 20.9 Å². The number of carbonyl (C=O) groups is 1. The molecule has 1 heterocycles. The molecule has 1 N–H and O–H groups in total. The van der Waals surface area contributed by atoms with Crippen LogP contribution in [0, 0.1) is 6.92 Å². The molecule has 0 aliphatic heterocycles. The number of benzene rings is 2. The SMILES string of the molecule is Cc1cc(-n2ncc3ccccc32)ccc1C=CC(=O)O. The average Bonchev–Trinajstić information content (AvgIpc) is 2.89. The average molecular weight is 278 g/mol. The molecular formula is C17H14N2O2. The Labute approximate surface area is 122 Å². The minimum Gasteiger partial charge on any atom is -0.478 e. The molecule has 0 spiro atoms. The van der Waals surface area contributed by atoms with Gasteiger partial charge in [0.2, 0.25) is 0 Å². The van der Waals surface area contributed by atoms with Crippen LogP contribution in [0.5, 0.6) is 0 Å². The molecule has 0 fully saturated rings. The van der Waals surface area contributed by atoms with Crippen molar-refractivity contribution in [3.63, 3.8) is 0 Å². The molecule has 0 bridgehead atoms. The number of aliphatic carboxylic acids is 1. The Bertz CT molecular complexity index is 847. The second-order valence-corrected chi connectivity index (χ2v) is 4.83. The fraction of sp³-hybridized carbons (Fsp3) is 0.0588. The Hall–Kier alpha value is -2.88. The van der Waals surface area contributed by atoms with Crippen molar-refractivity contribution in [2.24, 2.45) is 0 Å². The molecule has 3 aromatic rings. The number of nitrogens with zero attached hydrogens (tertiary/aromatic N) is 2. The number of fused-ring (bicyclic) bond motifs is 1. The summed E-state index contributed by atoms with van der Waals surface area (Å²) >= 11 is 0. The Morgan fingerprint density at radius 1 is 1.24 bits per heavy atom. The van der Waals surface area contributed by atoms with Gasteiger partial charge in [-0.25, -0.2) is 9.48 Å². The lowest BCUT2D eigenvalue weighted by Crippen LogP contribution is -1.97. The zero-order chi connectivity index (χ0) is 14.8. The van der Waals surface area contributed by atoms with Gasteiger partial charge in [0.15, 0.2) is 0 Å². The van der Waals surface area contributed by atoms with Crippen LogP contribution in [0.3, 0.4) is 0 Å². The molecule has 0 aliphatic rings. The van der Waals surface area contributed by atoms with Crippen molar-refractivity contribution in [3.05, 3.63) is 65.9 Å². The highest BCUT2D eigenvalue weighted by molar-refractivity contribution is 5.85. The van der Waals surface area contributed by atoms with Crippen LogP contribution in [0.15, 0.2) is 54.7 Å². The van der Waals surface area contributed by atoms with E-state index in [0.717, 1.165) is 33.8 Å². The number of hydrogen-bond donors (Lipinski definition) is 1. The van der Waals surface area contributed by atoms with Crippen molar-refractivity contribution in [2.75, 3.05) is 0 Å². The number of rotatable bonds is 3. The van der Waals surface area contributed by atoms with Crippen LogP contribution in [0.2, 0.25) is 0 Å². The van der Waals surface area contributed by atoms with Crippen LogP contribution in [-0.2, 0) is 4.79 Å². The minimum atomic E-state index is -0.948. The Kier molecular flexibility index (Phi) is 3.28. The van der Waals surface area contributed by atoms with E-state index in [2.05, 4.69) is 5.10 Å². The van der Waals surface area contributed by atoms with Crippen LogP contribution in [0.4, 0.5) is 0 Å². The van der Waals surface area contributed by atoms with E-state index in [1.54, 1.807) is 6.08 Å². The zero-order valence-electron chi connectivity index (χ0n) is 11.5. The maximum Gasteiger partial charge on any atom is 0.328 e. The van der Waals surface area contributed by atoms with Gasteiger partial charge in [0.1, 0.15) is 0 Å². The summed E-state index contributed by atoms with van der Waals surface area (Å²) in [4.78, 5) is 10.6. The van der Waals surface area contributed by atoms with Gasteiger partial charge >= 0.3 is 5.97 Å². The van der Waals surface area contributed by atoms with Crippen LogP contribution >= 0.6 is 0 Å². The van der Waals surface area contributed by atoms with Crippen molar-refractivity contribution in [1.82, 2.24) is 9.78 Å². The molecule has 4 nitrogen and oxygen atoms in total. The molecule has 104 valence electrons. The number of carboxylic acids is 1. The Morgan fingerprint density at radius 3 is 2.81 bits per heavy atom. The number of carboxylic acid groups (broad SMARTS) is 1. The highest BCUT2D eigenvalue weighted by Gasteiger charge is 2.05. The number of aryl methyl sites for hydroxylation is 1. The lowest BCUT2D eigenvalue weighted by atomic mass is 10.1. The highest BCUT2D eigenvalue weighted by atomic mass is 16.4. The molecule has 0 saturated heterocycles. The van der Waals surface area contributed by atoms with Crippen LogP contribution in [0.25, 0.3) is 22.7 Å². The van der Waals surface area contributed by atoms with Crippen molar-refractivity contribution in [1.29, 1.82) is 0 Å². The fourth-order valence-corrected chi connectivity index (χ4v) is 2.32. The van der Waals surface area contributed by atoms with Gasteiger partial charge in [-0.3, -0.25) is 0 Å². The predicted octanol–water partition coefficient (Wildman–Crippen LogP) is 3.43. The molecule has 0 amide bonds. The van der Waals surface area contributed by atoms with E-state index in [1.165, 1.54) is 0 Å². The molecule has 0 atom stereocenters. The number of para-hydroxylation sites is 1. The summed E-state index contributed by atoms with van der Waals surface area (Å²) < 4.78 is 1.88. The van der Waals surface area contributed by atoms with Crippen molar-refractivity contribution in [3.8, 4) is 5.69 Å². The van der Waals surface area contributed by atoms with Gasteiger partial charge in [0.05, 0.1) is 17.4 Å². The molecule has 1 aromatic heterocycles. The Balaban J connectivity index is 2.04. The van der Waals surface area contributed by atoms with Gasteiger partial charge < -0.3 is 5.11 Å². The minimum absolute atomic E-state index is 0.887. The first kappa shape index (κ1) is 13.1. The summed E-state index contributed by atoms with van der Waals surface area (Å²) in [5.74, 6) is -0.948. The van der Waals surface area contributed by atoms with Crippen LogP contribution < -0.4 is 0 Å².